The second kappa shape index (κ2) is 3.32. The number of benzene rings is 1. The van der Waals surface area contributed by atoms with Crippen LogP contribution in [0.1, 0.15) is 18.6 Å². The van der Waals surface area contributed by atoms with Gasteiger partial charge in [-0.1, -0.05) is 22.0 Å². The van der Waals surface area contributed by atoms with Crippen LogP contribution >= 0.6 is 15.9 Å². The van der Waals surface area contributed by atoms with Gasteiger partial charge >= 0.3 is 0 Å². The van der Waals surface area contributed by atoms with Gasteiger partial charge in [-0.2, -0.15) is 0 Å². The van der Waals surface area contributed by atoms with Crippen LogP contribution in [0.2, 0.25) is 0 Å². The van der Waals surface area contributed by atoms with Crippen LogP contribution in [0.25, 0.3) is 0 Å². The molecule has 0 amide bonds. The van der Waals surface area contributed by atoms with Gasteiger partial charge in [0.05, 0.1) is 6.10 Å². The molecule has 0 aromatic heterocycles. The average Bonchev–Trinajstić information content (AvgIpc) is 1.85. The highest BCUT2D eigenvalue weighted by Gasteiger charge is 2.10. The highest BCUT2D eigenvalue weighted by Crippen LogP contribution is 2.25. The van der Waals surface area contributed by atoms with E-state index in [1.165, 1.54) is 13.0 Å². The van der Waals surface area contributed by atoms with Crippen molar-refractivity contribution in [2.75, 3.05) is 0 Å². The fourth-order valence-corrected chi connectivity index (χ4v) is 1.58. The van der Waals surface area contributed by atoms with Gasteiger partial charge in [-0.3, -0.25) is 0 Å². The van der Waals surface area contributed by atoms with Crippen LogP contribution in [-0.4, -0.2) is 5.11 Å². The summed E-state index contributed by atoms with van der Waals surface area (Å²) < 4.78 is 13.5. The van der Waals surface area contributed by atoms with Gasteiger partial charge < -0.3 is 5.11 Å². The van der Waals surface area contributed by atoms with Crippen molar-refractivity contribution < 1.29 is 9.50 Å². The highest BCUT2D eigenvalue weighted by atomic mass is 79.9. The molecule has 0 radical (unpaired) electrons. The monoisotopic (exact) mass is 218 g/mol. The lowest BCUT2D eigenvalue weighted by molar-refractivity contribution is 0.193. The molecule has 0 heterocycles. The Hall–Kier alpha value is -0.410. The molecule has 1 rings (SSSR count). The average molecular weight is 219 g/mol. The van der Waals surface area contributed by atoms with Crippen LogP contribution in [0.5, 0.6) is 0 Å². The van der Waals surface area contributed by atoms with Crippen molar-refractivity contribution in [2.24, 2.45) is 0 Å². The number of aliphatic hydroxyl groups excluding tert-OH is 1. The molecule has 0 aliphatic heterocycles. The smallest absolute Gasteiger partial charge is 0.130 e. The Balaban J connectivity index is 3.21. The zero-order chi connectivity index (χ0) is 8.43. The normalized spacial score (nSPS) is 13.1. The molecule has 0 saturated carbocycles. The molecule has 3 heteroatoms. The lowest BCUT2D eigenvalue weighted by atomic mass is 10.1. The first-order valence-corrected chi connectivity index (χ1v) is 4.04. The summed E-state index contributed by atoms with van der Waals surface area (Å²) in [4.78, 5) is 0. The van der Waals surface area contributed by atoms with E-state index in [1.807, 2.05) is 0 Å². The first-order chi connectivity index (χ1) is 5.13. The molecule has 1 atom stereocenters. The summed E-state index contributed by atoms with van der Waals surface area (Å²) in [6.45, 7) is 1.53. The summed E-state index contributed by atoms with van der Waals surface area (Å²) in [5.41, 5.74) is 0.313. The van der Waals surface area contributed by atoms with Crippen LogP contribution in [-0.2, 0) is 0 Å². The maximum Gasteiger partial charge on any atom is 0.130 e. The molecular formula is C8H8BrFO. The molecule has 0 aliphatic rings. The van der Waals surface area contributed by atoms with Crippen LogP contribution in [0.3, 0.4) is 0 Å². The zero-order valence-electron chi connectivity index (χ0n) is 6.01. The molecule has 1 aromatic carbocycles. The Kier molecular flexibility index (Phi) is 2.62. The summed E-state index contributed by atoms with van der Waals surface area (Å²) in [6.07, 6.45) is -0.773. The van der Waals surface area contributed by atoms with Crippen molar-refractivity contribution >= 4 is 15.9 Å². The van der Waals surface area contributed by atoms with Crippen LogP contribution in [0.4, 0.5) is 4.39 Å². The maximum atomic E-state index is 12.9. The Morgan fingerprint density at radius 2 is 2.18 bits per heavy atom. The van der Waals surface area contributed by atoms with E-state index in [9.17, 15) is 4.39 Å². The molecule has 11 heavy (non-hydrogen) atoms. The predicted molar refractivity (Wildman–Crippen MR) is 44.7 cm³/mol. The van der Waals surface area contributed by atoms with Crippen LogP contribution in [0, 0.1) is 5.82 Å². The third-order valence-electron chi connectivity index (χ3n) is 1.42. The first kappa shape index (κ1) is 8.68. The molecule has 0 fully saturated rings. The molecule has 1 aromatic rings. The van der Waals surface area contributed by atoms with Gasteiger partial charge in [-0.25, -0.2) is 4.39 Å². The molecule has 1 nitrogen and oxygen atoms in total. The third kappa shape index (κ3) is 1.79. The minimum atomic E-state index is -0.773. The van der Waals surface area contributed by atoms with E-state index >= 15 is 0 Å². The van der Waals surface area contributed by atoms with Gasteiger partial charge in [0.2, 0.25) is 0 Å². The summed E-state index contributed by atoms with van der Waals surface area (Å²) in [5.74, 6) is -0.380. The Bertz CT molecular complexity index is 240. The van der Waals surface area contributed by atoms with Crippen molar-refractivity contribution in [3.63, 3.8) is 0 Å². The number of rotatable bonds is 1. The molecule has 1 N–H and O–H groups in total. The van der Waals surface area contributed by atoms with E-state index in [2.05, 4.69) is 15.9 Å². The summed E-state index contributed by atoms with van der Waals surface area (Å²) in [5, 5.41) is 9.12. The summed E-state index contributed by atoms with van der Waals surface area (Å²) in [6, 6.07) is 4.61. The van der Waals surface area contributed by atoms with Crippen molar-refractivity contribution in [1.29, 1.82) is 0 Å². The molecule has 60 valence electrons. The third-order valence-corrected chi connectivity index (χ3v) is 2.11. The standard InChI is InChI=1S/C8H8BrFO/c1-5(11)8-6(9)3-2-4-7(8)10/h2-5,11H,1H3. The molecular weight excluding hydrogens is 211 g/mol. The Morgan fingerprint density at radius 3 is 2.55 bits per heavy atom. The fourth-order valence-electron chi connectivity index (χ4n) is 0.910. The molecule has 0 spiro atoms. The fraction of sp³-hybridized carbons (Fsp3) is 0.250. The van der Waals surface area contributed by atoms with E-state index in [0.717, 1.165) is 0 Å². The van der Waals surface area contributed by atoms with Crippen molar-refractivity contribution in [2.45, 2.75) is 13.0 Å². The predicted octanol–water partition coefficient (Wildman–Crippen LogP) is 2.64. The SMILES string of the molecule is CC(O)c1c(F)cccc1Br. The highest BCUT2D eigenvalue weighted by molar-refractivity contribution is 9.10. The quantitative estimate of drug-likeness (QED) is 0.769. The minimum Gasteiger partial charge on any atom is -0.389 e. The number of aliphatic hydroxyl groups is 1. The Labute approximate surface area is 73.0 Å². The van der Waals surface area contributed by atoms with Crippen LogP contribution < -0.4 is 0 Å². The number of halogens is 2. The topological polar surface area (TPSA) is 20.2 Å². The summed E-state index contributed by atoms with van der Waals surface area (Å²) >= 11 is 3.15. The van der Waals surface area contributed by atoms with Crippen LogP contribution in [0.15, 0.2) is 22.7 Å². The number of hydrogen-bond donors (Lipinski definition) is 1. The van der Waals surface area contributed by atoms with Gasteiger partial charge in [-0.05, 0) is 19.1 Å². The summed E-state index contributed by atoms with van der Waals surface area (Å²) in [7, 11) is 0. The molecule has 0 aliphatic carbocycles. The van der Waals surface area contributed by atoms with E-state index < -0.39 is 6.10 Å². The van der Waals surface area contributed by atoms with Crippen molar-refractivity contribution in [3.05, 3.63) is 34.1 Å². The number of hydrogen-bond acceptors (Lipinski definition) is 1. The van der Waals surface area contributed by atoms with E-state index in [0.29, 0.717) is 10.0 Å². The van der Waals surface area contributed by atoms with E-state index in [-0.39, 0.29) is 5.82 Å². The first-order valence-electron chi connectivity index (χ1n) is 3.25. The van der Waals surface area contributed by atoms with Gasteiger partial charge in [0.25, 0.3) is 0 Å². The lowest BCUT2D eigenvalue weighted by Gasteiger charge is -2.07. The van der Waals surface area contributed by atoms with Gasteiger partial charge in [0.1, 0.15) is 5.82 Å². The van der Waals surface area contributed by atoms with Gasteiger partial charge in [0.15, 0.2) is 0 Å². The van der Waals surface area contributed by atoms with Crippen molar-refractivity contribution in [1.82, 2.24) is 0 Å². The van der Waals surface area contributed by atoms with Crippen molar-refractivity contribution in [3.8, 4) is 0 Å². The van der Waals surface area contributed by atoms with Gasteiger partial charge in [-0.15, -0.1) is 0 Å². The zero-order valence-corrected chi connectivity index (χ0v) is 7.60. The Morgan fingerprint density at radius 1 is 1.55 bits per heavy atom. The second-order valence-electron chi connectivity index (χ2n) is 2.31. The molecule has 1 unspecified atom stereocenters. The van der Waals surface area contributed by atoms with E-state index in [4.69, 9.17) is 5.11 Å². The van der Waals surface area contributed by atoms with Gasteiger partial charge in [0, 0.05) is 10.0 Å². The second-order valence-corrected chi connectivity index (χ2v) is 3.17. The maximum absolute atomic E-state index is 12.9. The molecule has 0 bridgehead atoms. The lowest BCUT2D eigenvalue weighted by Crippen LogP contribution is -1.96. The minimum absolute atomic E-state index is 0.313. The molecule has 0 saturated heterocycles. The van der Waals surface area contributed by atoms with E-state index in [1.54, 1.807) is 12.1 Å². The largest absolute Gasteiger partial charge is 0.389 e.